The van der Waals surface area contributed by atoms with Crippen molar-refractivity contribution in [1.29, 1.82) is 0 Å². The van der Waals surface area contributed by atoms with Gasteiger partial charge in [-0.2, -0.15) is 4.89 Å². The van der Waals surface area contributed by atoms with Gasteiger partial charge in [0.1, 0.15) is 42.6 Å². The van der Waals surface area contributed by atoms with E-state index in [-0.39, 0.29) is 118 Å². The molecule has 21 N–H and O–H groups in total. The van der Waals surface area contributed by atoms with Gasteiger partial charge >= 0.3 is 18.0 Å². The number of esters is 1. The van der Waals surface area contributed by atoms with Gasteiger partial charge in [-0.3, -0.25) is 53.0 Å². The van der Waals surface area contributed by atoms with Crippen LogP contribution in [0, 0.1) is 29.6 Å². The predicted octanol–water partition coefficient (Wildman–Crippen LogP) is 1.79. The zero-order valence-electron chi connectivity index (χ0n) is 62.4. The number of carboxylic acids is 1. The van der Waals surface area contributed by atoms with Crippen LogP contribution in [0.3, 0.4) is 0 Å². The molecule has 2 saturated heterocycles. The van der Waals surface area contributed by atoms with Crippen molar-refractivity contribution in [2.45, 2.75) is 202 Å². The fraction of sp³-hybridized carbons (Fsp3) is 0.630. The number of carbonyl (C=O) groups excluding carboxylic acids is 11. The molecular weight excluding hydrogens is 1460 g/mol. The Hall–Kier alpha value is -8.71. The number of hydrogen-bond acceptors (Lipinski definition) is 22. The van der Waals surface area contributed by atoms with Gasteiger partial charge in [-0.1, -0.05) is 56.1 Å². The maximum absolute atomic E-state index is 14.1. The van der Waals surface area contributed by atoms with Crippen molar-refractivity contribution in [3.8, 4) is 5.75 Å². The molecule has 1 spiro atoms. The molecule has 4 bridgehead atoms. The highest BCUT2D eigenvalue weighted by atomic mass is 35.5. The van der Waals surface area contributed by atoms with Gasteiger partial charge in [0.15, 0.2) is 11.6 Å². The van der Waals surface area contributed by atoms with Crippen LogP contribution >= 0.6 is 23.4 Å². The van der Waals surface area contributed by atoms with Gasteiger partial charge in [-0.15, -0.1) is 11.8 Å². The number of methoxy groups -OCH3 is 2. The molecule has 6 fully saturated rings. The zero-order chi connectivity index (χ0) is 79.5. The van der Waals surface area contributed by atoms with Crippen molar-refractivity contribution in [3.63, 3.8) is 0 Å². The average Bonchev–Trinajstić information content (AvgIpc) is 1.27. The molecule has 0 radical (unpaired) electrons. The third-order valence-corrected chi connectivity index (χ3v) is 22.2. The highest BCUT2D eigenvalue weighted by Gasteiger charge is 2.77. The van der Waals surface area contributed by atoms with E-state index < -0.39 is 136 Å². The smallest absolute Gasteiger partial charge is 0.330 e. The number of carboxylic acid groups (broad SMARTS) is 1. The summed E-state index contributed by atoms with van der Waals surface area (Å²) in [5, 5.41) is 30.1. The Kier molecular flexibility index (Phi) is 34.1. The molecule has 602 valence electrons. The zero-order valence-corrected chi connectivity index (χ0v) is 64.0. The van der Waals surface area contributed by atoms with Crippen LogP contribution in [0.1, 0.15) is 159 Å². The molecular formula is C73H109ClN16O18S. The quantitative estimate of drug-likeness (QED) is 0.00854. The first-order valence-corrected chi connectivity index (χ1v) is 38.8. The van der Waals surface area contributed by atoms with Crippen molar-refractivity contribution >= 4 is 112 Å². The topological polar surface area (TPSA) is 539 Å². The van der Waals surface area contributed by atoms with Crippen LogP contribution in [0.5, 0.6) is 5.75 Å². The van der Waals surface area contributed by atoms with Gasteiger partial charge in [-0.05, 0) is 176 Å². The number of hydrogen-bond donors (Lipinski definition) is 15. The Morgan fingerprint density at radius 2 is 1.32 bits per heavy atom. The summed E-state index contributed by atoms with van der Waals surface area (Å²) < 4.78 is 17.7. The number of likely N-dealkylation sites (tertiary alicyclic amines) is 1. The standard InChI is InChI=1S/C73H109ClN16O18S/c1-41(2)61(67(99)87-52(17-13-30-82-71(80)103)64(96)84-48-23-19-42(20-24-48)39-106-62-45(22-26-59(94)104-3)21-25-49(60(62)74)73(105-4)72(107-108-73)46-33-43-32-44(35-46)36-47(72)34-43)89-56(91)18-6-5-11-31-90-58(93)37-55(68(90)100)109-40-50(77)63(95)83-38-57(92)85-51(14-7-9-27-75)65(97)86-53(16-12-29-81-70(78)79)66(98)88-54(69(101)102)15-8-10-28-76/h19-26,41,43-44,46-47,50-55,61H,5-18,27-40,75-77H2,1-4H3,(H,83,95)(H,84,96)(H,85,92)(H,86,97)(H,87,99)(H,88,98)(H,89,91)(H,101,102)(H4,78,79,81)(H3,80,82,103)/b26-22+/t43?,44?,46?,47?,50-,51-,52?,53-,54-,55?,61?,72?,73?/m1/s1. The summed E-state index contributed by atoms with van der Waals surface area (Å²) in [6.07, 6.45) is 11.5. The number of guanidine groups is 1. The minimum Gasteiger partial charge on any atom is -0.487 e. The van der Waals surface area contributed by atoms with E-state index in [1.807, 2.05) is 6.07 Å². The van der Waals surface area contributed by atoms with E-state index in [1.54, 1.807) is 57.4 Å². The summed E-state index contributed by atoms with van der Waals surface area (Å²) in [5.74, 6) is -7.64. The number of imide groups is 1. The van der Waals surface area contributed by atoms with Crippen LogP contribution in [0.15, 0.2) is 47.5 Å². The van der Waals surface area contributed by atoms with Gasteiger partial charge in [0, 0.05) is 68.2 Å². The molecule has 8 atom stereocenters. The number of nitrogens with zero attached hydrogens (tertiary/aromatic N) is 2. The summed E-state index contributed by atoms with van der Waals surface area (Å²) in [4.78, 5) is 175. The number of nitrogens with two attached hydrogens (primary N) is 6. The van der Waals surface area contributed by atoms with Crippen LogP contribution in [0.4, 0.5) is 10.5 Å². The van der Waals surface area contributed by atoms with Gasteiger partial charge in [0.05, 0.1) is 30.0 Å². The van der Waals surface area contributed by atoms with E-state index in [2.05, 4.69) is 47.5 Å². The second-order valence-electron chi connectivity index (χ2n) is 28.7. The maximum Gasteiger partial charge on any atom is 0.330 e. The van der Waals surface area contributed by atoms with E-state index in [0.29, 0.717) is 85.7 Å². The lowest BCUT2D eigenvalue weighted by molar-refractivity contribution is -0.645. The minimum atomic E-state index is -1.31. The summed E-state index contributed by atoms with van der Waals surface area (Å²) in [7, 11) is 2.86. The SMILES string of the molecule is COC(=O)/C=C/c1ccc(C2(OC)OOC23C2CC4CC(C2)CC3C4)c(Cl)c1OCc1ccc(NC(=O)C(CCCNC(N)=O)NC(=O)C(NC(=O)CCCCCN2C(=O)CC(SC[C@@H](N)C(=O)NCC(=O)N[C@H](CCCCN)C(=O)N[C@H](CCCN=C(N)N)C(=O)N[C@H](CCCCN)C(=O)O)C2=O)C(C)C)cc1. The van der Waals surface area contributed by atoms with E-state index in [1.165, 1.54) is 19.6 Å². The van der Waals surface area contributed by atoms with Crippen molar-refractivity contribution < 1.29 is 86.6 Å². The van der Waals surface area contributed by atoms with Crippen molar-refractivity contribution in [3.05, 3.63) is 64.2 Å². The normalized spacial score (nSPS) is 22.0. The third-order valence-electron chi connectivity index (χ3n) is 20.5. The number of nitrogens with one attached hydrogen (secondary N) is 8. The summed E-state index contributed by atoms with van der Waals surface area (Å²) in [5.41, 5.74) is 34.9. The summed E-state index contributed by atoms with van der Waals surface area (Å²) >= 11 is 8.34. The predicted molar refractivity (Wildman–Crippen MR) is 404 cm³/mol. The number of primary amides is 1. The van der Waals surface area contributed by atoms with Gasteiger partial charge in [-0.25, -0.2) is 19.3 Å². The molecule has 6 aliphatic rings. The Balaban J connectivity index is 0.856. The molecule has 0 aromatic heterocycles. The van der Waals surface area contributed by atoms with Crippen LogP contribution in [-0.4, -0.2) is 193 Å². The largest absolute Gasteiger partial charge is 0.487 e. The van der Waals surface area contributed by atoms with Gasteiger partial charge in [0.25, 0.3) is 5.79 Å². The lowest BCUT2D eigenvalue weighted by atomic mass is 9.47. The van der Waals surface area contributed by atoms with Crippen LogP contribution in [0.25, 0.3) is 6.08 Å². The number of aliphatic carboxylic acids is 1. The number of amides is 11. The molecule has 2 aromatic carbocycles. The van der Waals surface area contributed by atoms with E-state index in [4.69, 9.17) is 70.0 Å². The Morgan fingerprint density at radius 3 is 1.92 bits per heavy atom. The number of anilines is 1. The molecule has 36 heteroatoms. The molecule has 4 saturated carbocycles. The first kappa shape index (κ1) is 87.5. The number of rotatable bonds is 47. The van der Waals surface area contributed by atoms with E-state index >= 15 is 0 Å². The number of urea groups is 1. The Labute approximate surface area is 643 Å². The number of thioether (sulfide) groups is 1. The number of unbranched alkanes of at least 4 members (excludes halogenated alkanes) is 4. The van der Waals surface area contributed by atoms with Crippen molar-refractivity contribution in [1.82, 2.24) is 42.1 Å². The second-order valence-corrected chi connectivity index (χ2v) is 30.3. The molecule has 4 unspecified atom stereocenters. The highest BCUT2D eigenvalue weighted by molar-refractivity contribution is 8.00. The monoisotopic (exact) mass is 1560 g/mol. The Morgan fingerprint density at radius 1 is 0.706 bits per heavy atom. The highest BCUT2D eigenvalue weighted by Crippen LogP contribution is 2.70. The number of aliphatic imine (C=N–C) groups is 1. The van der Waals surface area contributed by atoms with E-state index in [0.717, 1.165) is 42.3 Å². The number of benzene rings is 2. The molecule has 4 aliphatic carbocycles. The van der Waals surface area contributed by atoms with E-state index in [9.17, 15) is 62.6 Å². The second kappa shape index (κ2) is 42.5. The van der Waals surface area contributed by atoms with Crippen LogP contribution < -0.4 is 81.7 Å². The first-order chi connectivity index (χ1) is 52.1. The maximum atomic E-state index is 14.1. The Bertz CT molecular complexity index is 3560. The van der Waals surface area contributed by atoms with Gasteiger partial charge < -0.3 is 96.3 Å². The molecule has 2 aliphatic heterocycles. The van der Waals surface area contributed by atoms with Crippen molar-refractivity contribution in [2.75, 3.05) is 64.6 Å². The van der Waals surface area contributed by atoms with Crippen LogP contribution in [0.2, 0.25) is 5.02 Å². The molecule has 2 aromatic rings. The van der Waals surface area contributed by atoms with Crippen molar-refractivity contribution in [2.24, 2.45) is 69.0 Å². The minimum absolute atomic E-state index is 0.00233. The summed E-state index contributed by atoms with van der Waals surface area (Å²) in [6, 6.07) is 2.42. The molecule has 109 heavy (non-hydrogen) atoms. The lowest BCUT2D eigenvalue weighted by Gasteiger charge is -2.68. The fourth-order valence-corrected chi connectivity index (χ4v) is 16.4. The van der Waals surface area contributed by atoms with Crippen LogP contribution in [-0.2, 0) is 84.4 Å². The third kappa shape index (κ3) is 24.1. The molecule has 8 rings (SSSR count). The summed E-state index contributed by atoms with van der Waals surface area (Å²) in [6.45, 7) is 3.70. The fourth-order valence-electron chi connectivity index (χ4n) is 15.0. The van der Waals surface area contributed by atoms with Gasteiger partial charge in [0.2, 0.25) is 53.2 Å². The molecule has 2 heterocycles. The number of ether oxygens (including phenoxy) is 3. The number of carbonyl (C=O) groups is 12. The first-order valence-electron chi connectivity index (χ1n) is 37.3. The lowest BCUT2D eigenvalue weighted by Crippen LogP contribution is -2.76. The average molecular weight is 1570 g/mol. The molecule has 34 nitrogen and oxygen atoms in total. The molecule has 11 amide bonds. The number of halogens is 1.